The highest BCUT2D eigenvalue weighted by Gasteiger charge is 2.16. The van der Waals surface area contributed by atoms with E-state index in [2.05, 4.69) is 26.0 Å². The number of Topliss-reactive ketones (excluding diaryl/α,β-unsaturated/α-hetero) is 1. The van der Waals surface area contributed by atoms with Gasteiger partial charge in [0.25, 0.3) is 0 Å². The molecule has 5 heteroatoms. The first-order valence-corrected chi connectivity index (χ1v) is 5.68. The number of amides is 1. The van der Waals surface area contributed by atoms with Crippen molar-refractivity contribution >= 4 is 27.8 Å². The number of rotatable bonds is 6. The lowest BCUT2D eigenvalue weighted by Gasteiger charge is -2.13. The van der Waals surface area contributed by atoms with E-state index in [-0.39, 0.29) is 11.7 Å². The van der Waals surface area contributed by atoms with Gasteiger partial charge in [-0.1, -0.05) is 29.3 Å². The molecular weight excluding hydrogens is 250 g/mol. The Labute approximate surface area is 92.5 Å². The smallest absolute Gasteiger partial charge is 0.406 e. The molecule has 0 aliphatic rings. The number of ether oxygens (including phenoxy) is 1. The number of alkyl halides is 1. The van der Waals surface area contributed by atoms with E-state index in [1.165, 1.54) is 7.11 Å². The van der Waals surface area contributed by atoms with Crippen LogP contribution in [0.5, 0.6) is 0 Å². The normalized spacial score (nSPS) is 11.9. The molecule has 1 atom stereocenters. The lowest BCUT2D eigenvalue weighted by Crippen LogP contribution is -2.33. The molecule has 0 aromatic rings. The molecule has 14 heavy (non-hydrogen) atoms. The third-order valence-electron chi connectivity index (χ3n) is 1.90. The molecule has 1 N–H and O–H groups in total. The first-order valence-electron chi connectivity index (χ1n) is 4.56. The second-order valence-corrected chi connectivity index (χ2v) is 3.52. The molecule has 0 heterocycles. The Hall–Kier alpha value is -0.580. The van der Waals surface area contributed by atoms with Crippen molar-refractivity contribution in [1.82, 2.24) is 5.32 Å². The number of carbonyl (C=O) groups is 2. The van der Waals surface area contributed by atoms with E-state index in [0.717, 1.165) is 12.8 Å². The predicted octanol–water partition coefficient (Wildman–Crippen LogP) is 1.72. The van der Waals surface area contributed by atoms with E-state index >= 15 is 0 Å². The Balaban J connectivity index is 3.96. The van der Waals surface area contributed by atoms with Gasteiger partial charge in [-0.05, 0) is 6.42 Å². The number of ketones is 1. The van der Waals surface area contributed by atoms with Crippen LogP contribution in [-0.4, -0.2) is 30.9 Å². The third kappa shape index (κ3) is 5.21. The number of nitrogens with one attached hydrogen (secondary N) is 1. The maximum Gasteiger partial charge on any atom is 0.406 e. The first kappa shape index (κ1) is 13.4. The molecule has 0 spiro atoms. The standard InChI is InChI=1S/C9H16BrNO3/c1-3-4-7(8(12)5-10)6-11-9(13)14-2/h7H,3-6H2,1-2H3,(H,11,13). The Bertz CT molecular complexity index is 196. The molecule has 0 bridgehead atoms. The molecule has 0 fully saturated rings. The molecular formula is C9H16BrNO3. The van der Waals surface area contributed by atoms with Crippen LogP contribution in [0, 0.1) is 5.92 Å². The van der Waals surface area contributed by atoms with Gasteiger partial charge in [0.05, 0.1) is 12.4 Å². The molecule has 1 amide bonds. The summed E-state index contributed by atoms with van der Waals surface area (Å²) < 4.78 is 4.42. The van der Waals surface area contributed by atoms with Crippen molar-refractivity contribution in [2.75, 3.05) is 19.0 Å². The Morgan fingerprint density at radius 3 is 2.57 bits per heavy atom. The van der Waals surface area contributed by atoms with Gasteiger partial charge in [0, 0.05) is 12.5 Å². The van der Waals surface area contributed by atoms with E-state index in [1.54, 1.807) is 0 Å². The van der Waals surface area contributed by atoms with Crippen LogP contribution in [0.15, 0.2) is 0 Å². The maximum absolute atomic E-state index is 11.4. The monoisotopic (exact) mass is 265 g/mol. The summed E-state index contributed by atoms with van der Waals surface area (Å²) in [5, 5.41) is 2.86. The van der Waals surface area contributed by atoms with Crippen LogP contribution < -0.4 is 5.32 Å². The van der Waals surface area contributed by atoms with Gasteiger partial charge in [0.2, 0.25) is 0 Å². The third-order valence-corrected chi connectivity index (χ3v) is 2.46. The van der Waals surface area contributed by atoms with Gasteiger partial charge in [0.1, 0.15) is 5.78 Å². The largest absolute Gasteiger partial charge is 0.453 e. The average Bonchev–Trinajstić information content (AvgIpc) is 2.22. The van der Waals surface area contributed by atoms with Crippen molar-refractivity contribution < 1.29 is 14.3 Å². The summed E-state index contributed by atoms with van der Waals surface area (Å²) in [6.07, 6.45) is 1.22. The van der Waals surface area contributed by atoms with Crippen LogP contribution in [0.1, 0.15) is 19.8 Å². The quantitative estimate of drug-likeness (QED) is 0.745. The van der Waals surface area contributed by atoms with E-state index in [1.807, 2.05) is 6.92 Å². The zero-order valence-electron chi connectivity index (χ0n) is 8.51. The van der Waals surface area contributed by atoms with E-state index in [0.29, 0.717) is 11.9 Å². The predicted molar refractivity (Wildman–Crippen MR) is 57.6 cm³/mol. The van der Waals surface area contributed by atoms with E-state index < -0.39 is 6.09 Å². The van der Waals surface area contributed by atoms with E-state index in [9.17, 15) is 9.59 Å². The van der Waals surface area contributed by atoms with Crippen LogP contribution in [0.3, 0.4) is 0 Å². The highest BCUT2D eigenvalue weighted by Crippen LogP contribution is 2.08. The molecule has 4 nitrogen and oxygen atoms in total. The molecule has 0 aliphatic heterocycles. The summed E-state index contributed by atoms with van der Waals surface area (Å²) in [6, 6.07) is 0. The lowest BCUT2D eigenvalue weighted by molar-refractivity contribution is -0.120. The van der Waals surface area contributed by atoms with Gasteiger partial charge in [0.15, 0.2) is 0 Å². The molecule has 0 aromatic carbocycles. The molecule has 0 aliphatic carbocycles. The number of halogens is 1. The van der Waals surface area contributed by atoms with Gasteiger partial charge >= 0.3 is 6.09 Å². The van der Waals surface area contributed by atoms with Crippen molar-refractivity contribution in [1.29, 1.82) is 0 Å². The Kier molecular flexibility index (Phi) is 7.47. The molecule has 82 valence electrons. The van der Waals surface area contributed by atoms with E-state index in [4.69, 9.17) is 0 Å². The van der Waals surface area contributed by atoms with Gasteiger partial charge in [-0.3, -0.25) is 4.79 Å². The second-order valence-electron chi connectivity index (χ2n) is 2.96. The number of methoxy groups -OCH3 is 1. The SMILES string of the molecule is CCCC(CNC(=O)OC)C(=O)CBr. The topological polar surface area (TPSA) is 55.4 Å². The number of alkyl carbamates (subject to hydrolysis) is 1. The minimum Gasteiger partial charge on any atom is -0.453 e. The summed E-state index contributed by atoms with van der Waals surface area (Å²) in [7, 11) is 1.30. The maximum atomic E-state index is 11.4. The molecule has 0 aromatic heterocycles. The van der Waals surface area contributed by atoms with Crippen LogP contribution in [-0.2, 0) is 9.53 Å². The number of carbonyl (C=O) groups excluding carboxylic acids is 2. The highest BCUT2D eigenvalue weighted by atomic mass is 79.9. The van der Waals surface area contributed by atoms with Crippen LogP contribution in [0.2, 0.25) is 0 Å². The summed E-state index contributed by atoms with van der Waals surface area (Å²) in [5.74, 6) is 0.00160. The van der Waals surface area contributed by atoms with Gasteiger partial charge in [-0.25, -0.2) is 4.79 Å². The molecule has 0 saturated carbocycles. The average molecular weight is 266 g/mol. The van der Waals surface area contributed by atoms with Crippen LogP contribution in [0.4, 0.5) is 4.79 Å². The zero-order valence-corrected chi connectivity index (χ0v) is 10.1. The second kappa shape index (κ2) is 7.79. The summed E-state index contributed by atoms with van der Waals surface area (Å²) in [6.45, 7) is 2.36. The first-order chi connectivity index (χ1) is 6.65. The van der Waals surface area contributed by atoms with Crippen molar-refractivity contribution in [2.45, 2.75) is 19.8 Å². The molecule has 0 rings (SSSR count). The fourth-order valence-electron chi connectivity index (χ4n) is 1.11. The summed E-state index contributed by atoms with van der Waals surface area (Å²) >= 11 is 3.12. The lowest BCUT2D eigenvalue weighted by atomic mass is 10.00. The Morgan fingerprint density at radius 2 is 2.14 bits per heavy atom. The fraction of sp³-hybridized carbons (Fsp3) is 0.778. The molecule has 0 saturated heterocycles. The van der Waals surface area contributed by atoms with Crippen molar-refractivity contribution in [3.63, 3.8) is 0 Å². The summed E-state index contributed by atoms with van der Waals surface area (Å²) in [4.78, 5) is 22.1. The zero-order chi connectivity index (χ0) is 11.0. The minimum absolute atomic E-state index is 0.113. The summed E-state index contributed by atoms with van der Waals surface area (Å²) in [5.41, 5.74) is 0. The minimum atomic E-state index is -0.492. The van der Waals surface area contributed by atoms with Gasteiger partial charge in [-0.2, -0.15) is 0 Å². The highest BCUT2D eigenvalue weighted by molar-refractivity contribution is 9.09. The van der Waals surface area contributed by atoms with Crippen molar-refractivity contribution in [3.05, 3.63) is 0 Å². The molecule has 1 unspecified atom stereocenters. The molecule has 0 radical (unpaired) electrons. The number of hydrogen-bond acceptors (Lipinski definition) is 3. The number of hydrogen-bond donors (Lipinski definition) is 1. The van der Waals surface area contributed by atoms with Crippen molar-refractivity contribution in [2.24, 2.45) is 5.92 Å². The van der Waals surface area contributed by atoms with Crippen molar-refractivity contribution in [3.8, 4) is 0 Å². The van der Waals surface area contributed by atoms with Gasteiger partial charge in [-0.15, -0.1) is 0 Å². The fourth-order valence-corrected chi connectivity index (χ4v) is 1.57. The van der Waals surface area contributed by atoms with Crippen LogP contribution >= 0.6 is 15.9 Å². The van der Waals surface area contributed by atoms with Crippen LogP contribution in [0.25, 0.3) is 0 Å². The Morgan fingerprint density at radius 1 is 1.50 bits per heavy atom. The van der Waals surface area contributed by atoms with Gasteiger partial charge < -0.3 is 10.1 Å².